The highest BCUT2D eigenvalue weighted by Crippen LogP contribution is 2.22. The Kier molecular flexibility index (Phi) is 3.53. The topological polar surface area (TPSA) is 13.1 Å². The molecule has 0 aliphatic rings. The summed E-state index contributed by atoms with van der Waals surface area (Å²) < 4.78 is 4.96. The summed E-state index contributed by atoms with van der Waals surface area (Å²) in [5.41, 5.74) is 0. The molecule has 0 aliphatic heterocycles. The van der Waals surface area contributed by atoms with Gasteiger partial charge in [0.2, 0.25) is 0 Å². The van der Waals surface area contributed by atoms with Crippen molar-refractivity contribution in [1.29, 1.82) is 0 Å². The third-order valence-electron chi connectivity index (χ3n) is 4.00. The molecule has 0 atom stereocenters. The highest BCUT2D eigenvalue weighted by atomic mass is 16.3. The van der Waals surface area contributed by atoms with Crippen LogP contribution >= 0.6 is 0 Å². The predicted molar refractivity (Wildman–Crippen MR) is 97.7 cm³/mol. The second kappa shape index (κ2) is 5.98. The van der Waals surface area contributed by atoms with Crippen LogP contribution in [0.3, 0.4) is 0 Å². The molecule has 23 heavy (non-hydrogen) atoms. The molecule has 0 amide bonds. The molecule has 0 spiro atoms. The lowest BCUT2D eigenvalue weighted by Crippen LogP contribution is -1.74. The van der Waals surface area contributed by atoms with Crippen molar-refractivity contribution in [2.45, 2.75) is 0 Å². The van der Waals surface area contributed by atoms with Gasteiger partial charge in [-0.25, -0.2) is 0 Å². The van der Waals surface area contributed by atoms with Gasteiger partial charge in [-0.2, -0.15) is 0 Å². The minimum absolute atomic E-state index is 1.16. The van der Waals surface area contributed by atoms with Gasteiger partial charge in [0.05, 0.1) is 12.5 Å². The molecule has 4 aromatic carbocycles. The maximum Gasteiger partial charge on any atom is 0.0981 e. The van der Waals surface area contributed by atoms with Gasteiger partial charge < -0.3 is 4.42 Å². The molecule has 5 rings (SSSR count). The van der Waals surface area contributed by atoms with E-state index in [0.29, 0.717) is 0 Å². The summed E-state index contributed by atoms with van der Waals surface area (Å²) >= 11 is 0. The molecule has 0 N–H and O–H groups in total. The summed E-state index contributed by atoms with van der Waals surface area (Å²) in [7, 11) is 0. The molecule has 1 aromatic heterocycles. The molecule has 1 heteroatoms. The Morgan fingerprint density at radius 2 is 0.696 bits per heavy atom. The van der Waals surface area contributed by atoms with E-state index in [1.807, 2.05) is 24.3 Å². The summed E-state index contributed by atoms with van der Waals surface area (Å²) in [5.74, 6) is 0. The van der Waals surface area contributed by atoms with Crippen LogP contribution in [0.1, 0.15) is 0 Å². The minimum Gasteiger partial charge on any atom is -0.471 e. The number of hydrogen-bond donors (Lipinski definition) is 0. The Balaban J connectivity index is 0.000000130. The fraction of sp³-hybridized carbons (Fsp3) is 0. The van der Waals surface area contributed by atoms with E-state index < -0.39 is 0 Å². The minimum atomic E-state index is 1.16. The van der Waals surface area contributed by atoms with Gasteiger partial charge in [-0.3, -0.25) is 0 Å². The van der Waals surface area contributed by atoms with Crippen LogP contribution in [-0.2, 0) is 0 Å². The predicted octanol–water partition coefficient (Wildman–Crippen LogP) is 6.43. The molecule has 5 aromatic rings. The fourth-order valence-electron chi connectivity index (χ4n) is 2.79. The molecule has 1 heterocycles. The number of rotatable bonds is 0. The first kappa shape index (κ1) is 13.6. The van der Waals surface area contributed by atoms with Crippen molar-refractivity contribution in [3.05, 3.63) is 97.5 Å². The quantitative estimate of drug-likeness (QED) is 0.300. The van der Waals surface area contributed by atoms with Crippen molar-refractivity contribution < 1.29 is 4.42 Å². The lowest BCUT2D eigenvalue weighted by Gasteiger charge is -2.00. The molecule has 0 saturated heterocycles. The summed E-state index contributed by atoms with van der Waals surface area (Å²) in [6.07, 6.45) is 3.49. The van der Waals surface area contributed by atoms with Gasteiger partial charge in [-0.05, 0) is 33.7 Å². The summed E-state index contributed by atoms with van der Waals surface area (Å²) in [6.45, 7) is 0. The molecule has 0 radical (unpaired) electrons. The first-order chi connectivity index (χ1) is 11.4. The van der Waals surface area contributed by atoms with Gasteiger partial charge in [-0.1, -0.05) is 72.8 Å². The molecule has 0 bridgehead atoms. The zero-order chi connectivity index (χ0) is 15.5. The molecule has 0 saturated carbocycles. The first-order valence-corrected chi connectivity index (χ1v) is 7.69. The van der Waals surface area contributed by atoms with Crippen LogP contribution in [0.4, 0.5) is 0 Å². The van der Waals surface area contributed by atoms with E-state index in [1.54, 1.807) is 12.5 Å². The number of hydrogen-bond acceptors (Lipinski definition) is 1. The second-order valence-electron chi connectivity index (χ2n) is 5.55. The third-order valence-corrected chi connectivity index (χ3v) is 4.00. The van der Waals surface area contributed by atoms with E-state index in [4.69, 9.17) is 4.42 Å². The van der Waals surface area contributed by atoms with E-state index >= 15 is 0 Å². The third kappa shape index (κ3) is 2.82. The van der Waals surface area contributed by atoms with Crippen molar-refractivity contribution in [2.24, 2.45) is 0 Å². The van der Waals surface area contributed by atoms with Crippen LogP contribution in [0.2, 0.25) is 0 Å². The SMILES string of the molecule is c1ccc2cc3ccccc3cc2c1.c1ccc2cocc2c1. The van der Waals surface area contributed by atoms with Crippen LogP contribution in [0.25, 0.3) is 32.3 Å². The largest absolute Gasteiger partial charge is 0.471 e. The Morgan fingerprint density at radius 3 is 1.04 bits per heavy atom. The molecule has 1 nitrogen and oxygen atoms in total. The smallest absolute Gasteiger partial charge is 0.0981 e. The average Bonchev–Trinajstić information content (AvgIpc) is 3.09. The summed E-state index contributed by atoms with van der Waals surface area (Å²) in [5, 5.41) is 7.57. The first-order valence-electron chi connectivity index (χ1n) is 7.69. The zero-order valence-electron chi connectivity index (χ0n) is 12.6. The van der Waals surface area contributed by atoms with Gasteiger partial charge >= 0.3 is 0 Å². The molecule has 110 valence electrons. The van der Waals surface area contributed by atoms with E-state index in [2.05, 4.69) is 60.7 Å². The fourth-order valence-corrected chi connectivity index (χ4v) is 2.79. The Labute approximate surface area is 134 Å². The van der Waals surface area contributed by atoms with Crippen molar-refractivity contribution in [3.63, 3.8) is 0 Å². The lowest BCUT2D eigenvalue weighted by molar-refractivity contribution is 0.572. The summed E-state index contributed by atoms with van der Waals surface area (Å²) in [6, 6.07) is 29.5. The normalized spacial score (nSPS) is 10.6. The number of benzene rings is 4. The molecule has 0 unspecified atom stereocenters. The van der Waals surface area contributed by atoms with E-state index in [-0.39, 0.29) is 0 Å². The Morgan fingerprint density at radius 1 is 0.391 bits per heavy atom. The summed E-state index contributed by atoms with van der Waals surface area (Å²) in [4.78, 5) is 0. The number of fused-ring (bicyclic) bond motifs is 3. The molecular weight excluding hydrogens is 280 g/mol. The Bertz CT molecular complexity index is 937. The van der Waals surface area contributed by atoms with Crippen LogP contribution < -0.4 is 0 Å². The van der Waals surface area contributed by atoms with Gasteiger partial charge in [0.1, 0.15) is 0 Å². The highest BCUT2D eigenvalue weighted by molar-refractivity contribution is 5.98. The zero-order valence-corrected chi connectivity index (χ0v) is 12.6. The van der Waals surface area contributed by atoms with Crippen LogP contribution in [0.5, 0.6) is 0 Å². The maximum absolute atomic E-state index is 4.96. The molecular formula is C22H16O. The van der Waals surface area contributed by atoms with E-state index in [1.165, 1.54) is 21.5 Å². The van der Waals surface area contributed by atoms with Crippen molar-refractivity contribution >= 4 is 32.3 Å². The van der Waals surface area contributed by atoms with Gasteiger partial charge in [-0.15, -0.1) is 0 Å². The van der Waals surface area contributed by atoms with Gasteiger partial charge in [0.25, 0.3) is 0 Å². The average molecular weight is 296 g/mol. The highest BCUT2D eigenvalue weighted by Gasteiger charge is 1.95. The standard InChI is InChI=1S/C14H10.C8H6O/c1-2-6-12-10-14-8-4-3-7-13(14)9-11(12)5-1;1-2-4-8-6-9-5-7(8)3-1/h1-10H;1-6H. The van der Waals surface area contributed by atoms with Crippen molar-refractivity contribution in [2.75, 3.05) is 0 Å². The molecule has 0 fully saturated rings. The van der Waals surface area contributed by atoms with Crippen molar-refractivity contribution in [3.8, 4) is 0 Å². The Hall–Kier alpha value is -3.06. The van der Waals surface area contributed by atoms with E-state index in [0.717, 1.165) is 10.8 Å². The van der Waals surface area contributed by atoms with Crippen LogP contribution in [-0.4, -0.2) is 0 Å². The van der Waals surface area contributed by atoms with Gasteiger partial charge in [0, 0.05) is 10.8 Å². The molecule has 0 aliphatic carbocycles. The second-order valence-corrected chi connectivity index (χ2v) is 5.55. The monoisotopic (exact) mass is 296 g/mol. The van der Waals surface area contributed by atoms with Crippen LogP contribution in [0, 0.1) is 0 Å². The van der Waals surface area contributed by atoms with Crippen molar-refractivity contribution in [1.82, 2.24) is 0 Å². The van der Waals surface area contributed by atoms with Gasteiger partial charge in [0.15, 0.2) is 0 Å². The lowest BCUT2D eigenvalue weighted by atomic mass is 10.0. The maximum atomic E-state index is 4.96. The number of furan rings is 1. The van der Waals surface area contributed by atoms with E-state index in [9.17, 15) is 0 Å². The van der Waals surface area contributed by atoms with Crippen LogP contribution in [0.15, 0.2) is 102 Å².